The molecule has 2 aromatic carbocycles. The molecule has 0 saturated carbocycles. The molecule has 1 aliphatic heterocycles. The van der Waals surface area contributed by atoms with Gasteiger partial charge in [0.05, 0.1) is 0 Å². The molecule has 3 aromatic rings. The number of nitrogens with zero attached hydrogens (tertiary/aromatic N) is 1. The molecule has 1 N–H and O–H groups in total. The Hall–Kier alpha value is -2.13. The molecular formula is C21H23FN2. The first-order chi connectivity index (χ1) is 11.8. The number of fused-ring (bicyclic) bond motifs is 1. The van der Waals surface area contributed by atoms with Crippen molar-refractivity contribution in [1.29, 1.82) is 0 Å². The summed E-state index contributed by atoms with van der Waals surface area (Å²) in [5.74, 6) is 0.435. The summed E-state index contributed by atoms with van der Waals surface area (Å²) >= 11 is 0. The number of para-hydroxylation sites is 1. The predicted molar refractivity (Wildman–Crippen MR) is 96.8 cm³/mol. The van der Waals surface area contributed by atoms with E-state index in [0.717, 1.165) is 26.1 Å². The van der Waals surface area contributed by atoms with Crippen molar-refractivity contribution in [2.24, 2.45) is 0 Å². The van der Waals surface area contributed by atoms with Crippen molar-refractivity contribution >= 4 is 10.9 Å². The van der Waals surface area contributed by atoms with Crippen LogP contribution >= 0.6 is 0 Å². The largest absolute Gasteiger partial charge is 0.361 e. The minimum Gasteiger partial charge on any atom is -0.361 e. The van der Waals surface area contributed by atoms with E-state index in [4.69, 9.17) is 0 Å². The zero-order chi connectivity index (χ0) is 16.4. The molecule has 0 amide bonds. The Morgan fingerprint density at radius 2 is 1.75 bits per heavy atom. The van der Waals surface area contributed by atoms with E-state index in [1.807, 2.05) is 12.1 Å². The number of hydrogen-bond acceptors (Lipinski definition) is 1. The highest BCUT2D eigenvalue weighted by atomic mass is 19.1. The molecule has 4 rings (SSSR count). The molecule has 24 heavy (non-hydrogen) atoms. The first-order valence-electron chi connectivity index (χ1n) is 8.82. The van der Waals surface area contributed by atoms with Crippen molar-refractivity contribution in [3.05, 3.63) is 71.7 Å². The maximum atomic E-state index is 13.1. The van der Waals surface area contributed by atoms with E-state index in [0.29, 0.717) is 5.92 Å². The number of rotatable bonds is 4. The summed E-state index contributed by atoms with van der Waals surface area (Å²) in [5, 5.41) is 1.35. The van der Waals surface area contributed by atoms with Crippen molar-refractivity contribution in [1.82, 2.24) is 9.88 Å². The van der Waals surface area contributed by atoms with Crippen LogP contribution < -0.4 is 0 Å². The zero-order valence-electron chi connectivity index (χ0n) is 13.8. The highest BCUT2D eigenvalue weighted by Crippen LogP contribution is 2.28. The van der Waals surface area contributed by atoms with Gasteiger partial charge in [-0.25, -0.2) is 4.39 Å². The Morgan fingerprint density at radius 1 is 1.00 bits per heavy atom. The lowest BCUT2D eigenvalue weighted by Gasteiger charge is -2.32. The van der Waals surface area contributed by atoms with Gasteiger partial charge >= 0.3 is 0 Å². The summed E-state index contributed by atoms with van der Waals surface area (Å²) in [6, 6.07) is 15.6. The van der Waals surface area contributed by atoms with Gasteiger partial charge in [0, 0.05) is 23.6 Å². The fourth-order valence-corrected chi connectivity index (χ4v) is 3.84. The SMILES string of the molecule is Fc1ccc(C2CCN(CCc3c[nH]c4ccccc34)CC2)cc1. The van der Waals surface area contributed by atoms with Crippen molar-refractivity contribution in [3.8, 4) is 0 Å². The number of hydrogen-bond donors (Lipinski definition) is 1. The molecule has 0 spiro atoms. The van der Waals surface area contributed by atoms with Gasteiger partial charge in [-0.1, -0.05) is 30.3 Å². The molecule has 0 bridgehead atoms. The standard InChI is InChI=1S/C21H23FN2/c22-19-7-5-16(6-8-19)17-9-12-24(13-10-17)14-11-18-15-23-21-4-2-1-3-20(18)21/h1-8,15,17,23H,9-14H2. The van der Waals surface area contributed by atoms with E-state index in [-0.39, 0.29) is 5.82 Å². The van der Waals surface area contributed by atoms with Crippen LogP contribution in [0.3, 0.4) is 0 Å². The molecule has 1 aromatic heterocycles. The fraction of sp³-hybridized carbons (Fsp3) is 0.333. The summed E-state index contributed by atoms with van der Waals surface area (Å²) < 4.78 is 13.1. The van der Waals surface area contributed by atoms with Crippen LogP contribution in [0.2, 0.25) is 0 Å². The highest BCUT2D eigenvalue weighted by molar-refractivity contribution is 5.83. The molecule has 124 valence electrons. The van der Waals surface area contributed by atoms with Gasteiger partial charge in [-0.15, -0.1) is 0 Å². The average molecular weight is 322 g/mol. The third kappa shape index (κ3) is 3.22. The quantitative estimate of drug-likeness (QED) is 0.736. The molecule has 1 saturated heterocycles. The molecule has 3 heteroatoms. The van der Waals surface area contributed by atoms with Crippen LogP contribution in [0.4, 0.5) is 4.39 Å². The van der Waals surface area contributed by atoms with Crippen LogP contribution in [0.15, 0.2) is 54.7 Å². The van der Waals surface area contributed by atoms with Gasteiger partial charge in [-0.05, 0) is 67.6 Å². The van der Waals surface area contributed by atoms with Crippen molar-refractivity contribution in [2.45, 2.75) is 25.2 Å². The van der Waals surface area contributed by atoms with Gasteiger partial charge in [0.2, 0.25) is 0 Å². The molecule has 0 aliphatic carbocycles. The van der Waals surface area contributed by atoms with Crippen LogP contribution in [0, 0.1) is 5.82 Å². The molecule has 2 nitrogen and oxygen atoms in total. The van der Waals surface area contributed by atoms with Gasteiger partial charge in [-0.2, -0.15) is 0 Å². The smallest absolute Gasteiger partial charge is 0.123 e. The zero-order valence-corrected chi connectivity index (χ0v) is 13.8. The highest BCUT2D eigenvalue weighted by Gasteiger charge is 2.20. The Bertz CT molecular complexity index is 798. The lowest BCUT2D eigenvalue weighted by atomic mass is 9.89. The number of H-pyrrole nitrogens is 1. The number of aromatic amines is 1. The topological polar surface area (TPSA) is 19.0 Å². The third-order valence-electron chi connectivity index (χ3n) is 5.30. The van der Waals surface area contributed by atoms with E-state index in [1.165, 1.54) is 34.9 Å². The second-order valence-electron chi connectivity index (χ2n) is 6.78. The van der Waals surface area contributed by atoms with Gasteiger partial charge in [0.15, 0.2) is 0 Å². The van der Waals surface area contributed by atoms with Crippen molar-refractivity contribution < 1.29 is 4.39 Å². The molecule has 1 aliphatic rings. The molecule has 0 radical (unpaired) electrons. The fourth-order valence-electron chi connectivity index (χ4n) is 3.84. The van der Waals surface area contributed by atoms with Gasteiger partial charge in [-0.3, -0.25) is 0 Å². The Labute approximate surface area is 142 Å². The number of nitrogens with one attached hydrogen (secondary N) is 1. The van der Waals surface area contributed by atoms with Gasteiger partial charge in [0.25, 0.3) is 0 Å². The summed E-state index contributed by atoms with van der Waals surface area (Å²) in [5.41, 5.74) is 3.92. The van der Waals surface area contributed by atoms with Crippen LogP contribution in [0.1, 0.15) is 29.9 Å². The number of benzene rings is 2. The number of aromatic nitrogens is 1. The minimum atomic E-state index is -0.144. The maximum Gasteiger partial charge on any atom is 0.123 e. The Kier molecular flexibility index (Phi) is 4.35. The monoisotopic (exact) mass is 322 g/mol. The summed E-state index contributed by atoms with van der Waals surface area (Å²) in [4.78, 5) is 5.92. The number of piperidine rings is 1. The first-order valence-corrected chi connectivity index (χ1v) is 8.82. The van der Waals surface area contributed by atoms with Crippen LogP contribution in [0.25, 0.3) is 10.9 Å². The second kappa shape index (κ2) is 6.78. The van der Waals surface area contributed by atoms with Gasteiger partial charge < -0.3 is 9.88 Å². The normalized spacial score (nSPS) is 16.7. The number of likely N-dealkylation sites (tertiary alicyclic amines) is 1. The summed E-state index contributed by atoms with van der Waals surface area (Å²) in [7, 11) is 0. The molecular weight excluding hydrogens is 299 g/mol. The first kappa shape index (κ1) is 15.4. The Morgan fingerprint density at radius 3 is 2.54 bits per heavy atom. The second-order valence-corrected chi connectivity index (χ2v) is 6.78. The average Bonchev–Trinajstić information content (AvgIpc) is 3.04. The molecule has 1 fully saturated rings. The van der Waals surface area contributed by atoms with E-state index in [2.05, 4.69) is 40.3 Å². The third-order valence-corrected chi connectivity index (χ3v) is 5.30. The van der Waals surface area contributed by atoms with Crippen LogP contribution in [0.5, 0.6) is 0 Å². The summed E-state index contributed by atoms with van der Waals surface area (Å²) in [6.45, 7) is 3.37. The van der Waals surface area contributed by atoms with Crippen LogP contribution in [-0.4, -0.2) is 29.5 Å². The van der Waals surface area contributed by atoms with Crippen molar-refractivity contribution in [3.63, 3.8) is 0 Å². The molecule has 2 heterocycles. The van der Waals surface area contributed by atoms with E-state index >= 15 is 0 Å². The van der Waals surface area contributed by atoms with E-state index in [9.17, 15) is 4.39 Å². The molecule has 0 atom stereocenters. The molecule has 0 unspecified atom stereocenters. The van der Waals surface area contributed by atoms with E-state index in [1.54, 1.807) is 12.1 Å². The number of halogens is 1. The maximum absolute atomic E-state index is 13.1. The van der Waals surface area contributed by atoms with Crippen LogP contribution in [-0.2, 0) is 6.42 Å². The van der Waals surface area contributed by atoms with Crippen molar-refractivity contribution in [2.75, 3.05) is 19.6 Å². The Balaban J connectivity index is 1.32. The summed E-state index contributed by atoms with van der Waals surface area (Å²) in [6.07, 6.45) is 5.57. The lowest BCUT2D eigenvalue weighted by molar-refractivity contribution is 0.215. The van der Waals surface area contributed by atoms with Gasteiger partial charge in [0.1, 0.15) is 5.82 Å². The lowest BCUT2D eigenvalue weighted by Crippen LogP contribution is -2.34. The van der Waals surface area contributed by atoms with E-state index < -0.39 is 0 Å². The predicted octanol–water partition coefficient (Wildman–Crippen LogP) is 4.73. The minimum absolute atomic E-state index is 0.144.